The zero-order valence-electron chi connectivity index (χ0n) is 13.0. The molecule has 0 aromatic carbocycles. The van der Waals surface area contributed by atoms with Crippen LogP contribution in [0.25, 0.3) is 24.3 Å². The Hall–Kier alpha value is -1.41. The summed E-state index contributed by atoms with van der Waals surface area (Å²) in [4.78, 5) is 12.9. The first kappa shape index (κ1) is 19.9. The van der Waals surface area contributed by atoms with E-state index >= 15 is 0 Å². The topological polar surface area (TPSA) is 17.1 Å². The third-order valence-electron chi connectivity index (χ3n) is 2.18. The fourth-order valence-corrected chi connectivity index (χ4v) is 2.47. The number of hydrogen-bond acceptors (Lipinski definition) is 2. The van der Waals surface area contributed by atoms with E-state index < -0.39 is 0 Å². The summed E-state index contributed by atoms with van der Waals surface area (Å²) in [7, 11) is 0. The second-order valence-corrected chi connectivity index (χ2v) is 4.06. The Morgan fingerprint density at radius 1 is 0.947 bits per heavy atom. The number of rotatable bonds is 2. The fourth-order valence-electron chi connectivity index (χ4n) is 1.43. The molecule has 0 aliphatic rings. The van der Waals surface area contributed by atoms with Crippen molar-refractivity contribution in [2.45, 2.75) is 41.5 Å². The minimum Gasteiger partial charge on any atom is -0.289 e. The van der Waals surface area contributed by atoms with Gasteiger partial charge in [-0.15, -0.1) is 11.3 Å². The van der Waals surface area contributed by atoms with Crippen LogP contribution >= 0.6 is 11.3 Å². The molecule has 0 saturated heterocycles. The van der Waals surface area contributed by atoms with Crippen LogP contribution in [0.5, 0.6) is 0 Å². The lowest BCUT2D eigenvalue weighted by molar-refractivity contribution is 1.47. The molecule has 2 heteroatoms. The Balaban J connectivity index is 0. The highest BCUT2D eigenvalue weighted by atomic mass is 32.1. The maximum Gasteiger partial charge on any atom is 0.195 e. The van der Waals surface area contributed by atoms with E-state index in [2.05, 4.69) is 13.2 Å². The van der Waals surface area contributed by atoms with Gasteiger partial charge in [0, 0.05) is 20.2 Å². The summed E-state index contributed by atoms with van der Waals surface area (Å²) >= 11 is 1.56. The Bertz CT molecular complexity index is 562. The highest BCUT2D eigenvalue weighted by Gasteiger charge is 2.03. The smallest absolute Gasteiger partial charge is 0.195 e. The molecule has 0 radical (unpaired) electrons. The van der Waals surface area contributed by atoms with E-state index in [9.17, 15) is 4.79 Å². The predicted molar refractivity (Wildman–Crippen MR) is 93.0 cm³/mol. The molecule has 0 fully saturated rings. The third kappa shape index (κ3) is 4.99. The van der Waals surface area contributed by atoms with Crippen molar-refractivity contribution in [3.05, 3.63) is 43.6 Å². The average molecular weight is 278 g/mol. The van der Waals surface area contributed by atoms with Crippen LogP contribution < -0.4 is 15.2 Å². The van der Waals surface area contributed by atoms with Crippen molar-refractivity contribution in [2.24, 2.45) is 0 Å². The van der Waals surface area contributed by atoms with Crippen molar-refractivity contribution in [1.82, 2.24) is 0 Å². The Morgan fingerprint density at radius 3 is 1.79 bits per heavy atom. The first-order valence-electron chi connectivity index (χ1n) is 6.74. The molecule has 0 atom stereocenters. The second-order valence-electron chi connectivity index (χ2n) is 2.97. The molecule has 1 rings (SSSR count). The Morgan fingerprint density at radius 2 is 1.47 bits per heavy atom. The normalized spacial score (nSPS) is 10.8. The van der Waals surface area contributed by atoms with Crippen molar-refractivity contribution in [3.8, 4) is 0 Å². The summed E-state index contributed by atoms with van der Waals surface area (Å²) in [5.74, 6) is 0. The molecule has 0 N–H and O–H groups in total. The van der Waals surface area contributed by atoms with Crippen LogP contribution in [0.3, 0.4) is 0 Å². The van der Waals surface area contributed by atoms with Gasteiger partial charge in [0.15, 0.2) is 5.43 Å². The monoisotopic (exact) mass is 278 g/mol. The van der Waals surface area contributed by atoms with E-state index in [4.69, 9.17) is 0 Å². The molecular weight excluding hydrogens is 252 g/mol. The summed E-state index contributed by atoms with van der Waals surface area (Å²) in [5.41, 5.74) is 0.683. The SMILES string of the molecule is C=Cc1sc(=C/C)/c(=C\C)c(=O)c1C=C.CC.CC. The largest absolute Gasteiger partial charge is 0.289 e. The van der Waals surface area contributed by atoms with Gasteiger partial charge in [-0.05, 0) is 13.8 Å². The molecule has 0 aliphatic heterocycles. The maximum atomic E-state index is 12.0. The summed E-state index contributed by atoms with van der Waals surface area (Å²) in [6.07, 6.45) is 7.09. The summed E-state index contributed by atoms with van der Waals surface area (Å²) in [6.45, 7) is 19.2. The molecule has 0 amide bonds. The lowest BCUT2D eigenvalue weighted by Crippen LogP contribution is -2.38. The molecule has 0 unspecified atom stereocenters. The lowest BCUT2D eigenvalue weighted by Gasteiger charge is -1.99. The van der Waals surface area contributed by atoms with E-state index in [0.29, 0.717) is 5.56 Å². The highest BCUT2D eigenvalue weighted by molar-refractivity contribution is 7.10. The minimum atomic E-state index is 0.0363. The molecule has 0 aliphatic carbocycles. The summed E-state index contributed by atoms with van der Waals surface area (Å²) in [5, 5.41) is 0.753. The van der Waals surface area contributed by atoms with Gasteiger partial charge in [-0.1, -0.05) is 65.2 Å². The van der Waals surface area contributed by atoms with Crippen LogP contribution in [0.15, 0.2) is 18.0 Å². The molecular formula is C17H26OS. The molecule has 0 bridgehead atoms. The van der Waals surface area contributed by atoms with Gasteiger partial charge in [-0.25, -0.2) is 0 Å². The van der Waals surface area contributed by atoms with Gasteiger partial charge in [-0.2, -0.15) is 0 Å². The van der Waals surface area contributed by atoms with Crippen LogP contribution in [-0.2, 0) is 0 Å². The van der Waals surface area contributed by atoms with Gasteiger partial charge in [0.25, 0.3) is 0 Å². The van der Waals surface area contributed by atoms with Crippen LogP contribution in [0.4, 0.5) is 0 Å². The Labute approximate surface area is 121 Å². The van der Waals surface area contributed by atoms with E-state index in [-0.39, 0.29) is 5.43 Å². The van der Waals surface area contributed by atoms with Crippen molar-refractivity contribution >= 4 is 35.6 Å². The van der Waals surface area contributed by atoms with Crippen LogP contribution in [0, 0.1) is 0 Å². The van der Waals surface area contributed by atoms with E-state index in [0.717, 1.165) is 14.6 Å². The molecule has 1 aromatic heterocycles. The van der Waals surface area contributed by atoms with Crippen molar-refractivity contribution in [1.29, 1.82) is 0 Å². The molecule has 0 saturated carbocycles. The quantitative estimate of drug-likeness (QED) is 0.797. The van der Waals surface area contributed by atoms with Gasteiger partial charge in [-0.3, -0.25) is 4.79 Å². The van der Waals surface area contributed by atoms with Crippen molar-refractivity contribution in [3.63, 3.8) is 0 Å². The first-order valence-corrected chi connectivity index (χ1v) is 7.55. The zero-order chi connectivity index (χ0) is 15.4. The standard InChI is InChI=1S/C13H14OS.2C2H6/c1-5-9-11(7-3)15-12(8-4)10(6-2)13(9)14;2*1-2/h5-8H,1,3H2,2,4H3;2*1-2H3/b10-6+,12-8+;;. The zero-order valence-corrected chi connectivity index (χ0v) is 13.9. The van der Waals surface area contributed by atoms with E-state index in [1.807, 2.05) is 53.7 Å². The first-order chi connectivity index (χ1) is 9.19. The summed E-state index contributed by atoms with van der Waals surface area (Å²) in [6, 6.07) is 0. The van der Waals surface area contributed by atoms with Crippen LogP contribution in [0.2, 0.25) is 0 Å². The minimum absolute atomic E-state index is 0.0363. The molecule has 1 heterocycles. The molecule has 19 heavy (non-hydrogen) atoms. The average Bonchev–Trinajstić information content (AvgIpc) is 2.50. The van der Waals surface area contributed by atoms with Gasteiger partial charge in [0.05, 0.1) is 0 Å². The van der Waals surface area contributed by atoms with Gasteiger partial charge in [0.1, 0.15) is 0 Å². The molecule has 106 valence electrons. The van der Waals surface area contributed by atoms with Gasteiger partial charge >= 0.3 is 0 Å². The predicted octanol–water partition coefficient (Wildman–Crippen LogP) is 4.05. The van der Waals surface area contributed by atoms with Gasteiger partial charge in [0.2, 0.25) is 0 Å². The molecule has 0 spiro atoms. The number of hydrogen-bond donors (Lipinski definition) is 0. The van der Waals surface area contributed by atoms with E-state index in [1.165, 1.54) is 0 Å². The van der Waals surface area contributed by atoms with Crippen LogP contribution in [-0.4, -0.2) is 0 Å². The maximum absolute atomic E-state index is 12.0. The lowest BCUT2D eigenvalue weighted by atomic mass is 10.2. The van der Waals surface area contributed by atoms with E-state index in [1.54, 1.807) is 23.5 Å². The van der Waals surface area contributed by atoms with Gasteiger partial charge < -0.3 is 0 Å². The fraction of sp³-hybridized carbons (Fsp3) is 0.353. The molecule has 1 aromatic rings. The third-order valence-corrected chi connectivity index (χ3v) is 3.46. The Kier molecular flexibility index (Phi) is 12.2. The van der Waals surface area contributed by atoms with Crippen molar-refractivity contribution < 1.29 is 0 Å². The highest BCUT2D eigenvalue weighted by Crippen LogP contribution is 2.08. The van der Waals surface area contributed by atoms with Crippen molar-refractivity contribution in [2.75, 3.05) is 0 Å². The molecule has 1 nitrogen and oxygen atoms in total. The second kappa shape index (κ2) is 11.7. The summed E-state index contributed by atoms with van der Waals surface area (Å²) < 4.78 is 0.989. The van der Waals surface area contributed by atoms with Crippen LogP contribution in [0.1, 0.15) is 52.0 Å².